The van der Waals surface area contributed by atoms with Gasteiger partial charge in [-0.25, -0.2) is 18.3 Å². The largest absolute Gasteiger partial charge is 0.242 e. The van der Waals surface area contributed by atoms with Gasteiger partial charge in [-0.3, -0.25) is 0 Å². The minimum atomic E-state index is 0.579. The first-order valence-electron chi connectivity index (χ1n) is 15.7. The predicted octanol–water partition coefficient (Wildman–Crippen LogP) is 5.15. The number of hydrogen-bond donors (Lipinski definition) is 0. The van der Waals surface area contributed by atoms with Crippen LogP contribution in [0.5, 0.6) is 0 Å². The molecule has 6 unspecified atom stereocenters. The molecule has 6 atom stereocenters. The van der Waals surface area contributed by atoms with Gasteiger partial charge in [0.15, 0.2) is 0 Å². The zero-order valence-electron chi connectivity index (χ0n) is 25.1. The lowest BCUT2D eigenvalue weighted by Gasteiger charge is -2.59. The van der Waals surface area contributed by atoms with Crippen LogP contribution in [0, 0.1) is 46.3 Å². The van der Waals surface area contributed by atoms with Crippen molar-refractivity contribution < 1.29 is 18.3 Å². The van der Waals surface area contributed by atoms with Crippen LogP contribution in [0.4, 0.5) is 0 Å². The highest BCUT2D eigenvalue weighted by Crippen LogP contribution is 2.62. The average Bonchev–Trinajstić information content (AvgIpc) is 2.83. The van der Waals surface area contributed by atoms with Crippen molar-refractivity contribution in [3.05, 3.63) is 0 Å². The molecule has 0 N–H and O–H groups in total. The summed E-state index contributed by atoms with van der Waals surface area (Å²) in [4.78, 5) is 0. The summed E-state index contributed by atoms with van der Waals surface area (Å²) in [5, 5.41) is 0. The van der Waals surface area contributed by atoms with Crippen molar-refractivity contribution in [3.8, 4) is 0 Å². The van der Waals surface area contributed by atoms with Crippen LogP contribution in [0.15, 0.2) is 0 Å². The second kappa shape index (κ2) is 11.8. The van der Waals surface area contributed by atoms with Gasteiger partial charge in [0, 0.05) is 11.8 Å². The fourth-order valence-electron chi connectivity index (χ4n) is 8.99. The summed E-state index contributed by atoms with van der Waals surface area (Å²) in [5.41, 5.74) is 1.16. The van der Waals surface area contributed by atoms with Gasteiger partial charge in [-0.2, -0.15) is 0 Å². The van der Waals surface area contributed by atoms with Gasteiger partial charge in [0.25, 0.3) is 0 Å². The van der Waals surface area contributed by atoms with Gasteiger partial charge in [0.1, 0.15) is 79.2 Å². The van der Waals surface area contributed by atoms with Crippen molar-refractivity contribution in [1.82, 2.24) is 0 Å². The SMILES string of the molecule is C=[N+](CCC[N+](=C)CCC[N+](=C)CC1CCC2CC1C2(C)C)CCC[N+](=C)CC1CCC2CC1C2(C)C. The Kier molecular flexibility index (Phi) is 9.17. The Bertz CT molecular complexity index is 794. The smallest absolute Gasteiger partial charge is 0.148 e. The predicted molar refractivity (Wildman–Crippen MR) is 159 cm³/mol. The van der Waals surface area contributed by atoms with Crippen molar-refractivity contribution in [3.63, 3.8) is 0 Å². The van der Waals surface area contributed by atoms with Crippen molar-refractivity contribution in [2.45, 2.75) is 85.5 Å². The third-order valence-corrected chi connectivity index (χ3v) is 11.8. The van der Waals surface area contributed by atoms with Crippen molar-refractivity contribution in [1.29, 1.82) is 0 Å². The van der Waals surface area contributed by atoms with Crippen LogP contribution in [-0.2, 0) is 0 Å². The van der Waals surface area contributed by atoms with Gasteiger partial charge in [0.05, 0.1) is 19.3 Å². The van der Waals surface area contributed by atoms with Gasteiger partial charge in [-0.1, -0.05) is 27.7 Å². The van der Waals surface area contributed by atoms with E-state index in [-0.39, 0.29) is 0 Å². The maximum atomic E-state index is 4.37. The van der Waals surface area contributed by atoms with E-state index in [0.717, 1.165) is 94.0 Å². The summed E-state index contributed by atoms with van der Waals surface area (Å²) in [6.07, 6.45) is 12.1. The summed E-state index contributed by atoms with van der Waals surface area (Å²) in [6.45, 7) is 36.0. The van der Waals surface area contributed by atoms with E-state index in [1.165, 1.54) is 51.6 Å². The van der Waals surface area contributed by atoms with Crippen LogP contribution in [0.25, 0.3) is 0 Å². The second-order valence-corrected chi connectivity index (χ2v) is 14.8. The Labute approximate surface area is 229 Å². The quantitative estimate of drug-likeness (QED) is 0.200. The average molecular weight is 513 g/mol. The van der Waals surface area contributed by atoms with Gasteiger partial charge < -0.3 is 0 Å². The van der Waals surface area contributed by atoms with E-state index in [0.29, 0.717) is 10.8 Å². The van der Waals surface area contributed by atoms with Crippen molar-refractivity contribution in [2.24, 2.45) is 46.3 Å². The number of rotatable bonds is 16. The first-order chi connectivity index (χ1) is 17.5. The third-order valence-electron chi connectivity index (χ3n) is 11.8. The van der Waals surface area contributed by atoms with Gasteiger partial charge in [-0.15, -0.1) is 0 Å². The summed E-state index contributed by atoms with van der Waals surface area (Å²) in [7, 11) is 0. The highest BCUT2D eigenvalue weighted by molar-refractivity contribution is 5.16. The fourth-order valence-corrected chi connectivity index (χ4v) is 8.99. The lowest BCUT2D eigenvalue weighted by atomic mass is 9.45. The molecule has 6 fully saturated rings. The Morgan fingerprint density at radius 3 is 1.14 bits per heavy atom. The lowest BCUT2D eigenvalue weighted by Crippen LogP contribution is -2.54. The molecule has 4 nitrogen and oxygen atoms in total. The Hall–Kier alpha value is -1.32. The van der Waals surface area contributed by atoms with E-state index in [2.05, 4.69) is 72.9 Å². The summed E-state index contributed by atoms with van der Waals surface area (Å²) in [6, 6.07) is 0. The Morgan fingerprint density at radius 2 is 0.838 bits per heavy atom. The summed E-state index contributed by atoms with van der Waals surface area (Å²) in [5.74, 6) is 5.55. The monoisotopic (exact) mass is 512 g/mol. The number of fused-ring (bicyclic) bond motifs is 4. The molecule has 6 aliphatic rings. The van der Waals surface area contributed by atoms with E-state index in [1.54, 1.807) is 0 Å². The fraction of sp³-hybridized carbons (Fsp3) is 0.879. The number of hydrogen-bond acceptors (Lipinski definition) is 0. The zero-order chi connectivity index (χ0) is 26.8. The van der Waals surface area contributed by atoms with Crippen LogP contribution < -0.4 is 0 Å². The van der Waals surface area contributed by atoms with Gasteiger partial charge >= 0.3 is 0 Å². The van der Waals surface area contributed by atoms with Crippen LogP contribution >= 0.6 is 0 Å². The molecular formula is C33H60N4+4. The van der Waals surface area contributed by atoms with Crippen molar-refractivity contribution in [2.75, 3.05) is 52.4 Å². The molecule has 0 aromatic carbocycles. The summed E-state index contributed by atoms with van der Waals surface area (Å²) >= 11 is 0. The molecule has 4 bridgehead atoms. The third kappa shape index (κ3) is 6.64. The molecule has 6 saturated carbocycles. The molecule has 0 spiro atoms. The molecule has 0 amide bonds. The normalized spacial score (nSPS) is 32.6. The molecule has 37 heavy (non-hydrogen) atoms. The first kappa shape index (κ1) is 28.7. The molecule has 0 aliphatic heterocycles. The molecule has 0 aromatic rings. The number of nitrogens with zero attached hydrogens (tertiary/aromatic N) is 4. The van der Waals surface area contributed by atoms with Crippen LogP contribution in [0.2, 0.25) is 0 Å². The first-order valence-corrected chi connectivity index (χ1v) is 15.7. The van der Waals surface area contributed by atoms with E-state index in [1.807, 2.05) is 0 Å². The van der Waals surface area contributed by atoms with Crippen molar-refractivity contribution >= 4 is 26.9 Å². The lowest BCUT2D eigenvalue weighted by molar-refractivity contribution is -0.568. The topological polar surface area (TPSA) is 12.0 Å². The molecular weight excluding hydrogens is 452 g/mol. The van der Waals surface area contributed by atoms with E-state index < -0.39 is 0 Å². The molecule has 208 valence electrons. The van der Waals surface area contributed by atoms with E-state index in [9.17, 15) is 0 Å². The molecule has 6 aliphatic carbocycles. The molecule has 0 aromatic heterocycles. The van der Waals surface area contributed by atoms with Crippen LogP contribution in [0.3, 0.4) is 0 Å². The highest BCUT2D eigenvalue weighted by Gasteiger charge is 2.55. The highest BCUT2D eigenvalue weighted by atomic mass is 15.0. The minimum Gasteiger partial charge on any atom is -0.242 e. The zero-order valence-corrected chi connectivity index (χ0v) is 25.1. The molecule has 0 radical (unpaired) electrons. The minimum absolute atomic E-state index is 0.579. The molecule has 0 saturated heterocycles. The van der Waals surface area contributed by atoms with Gasteiger partial charge in [-0.05, 0) is 73.0 Å². The molecule has 0 heterocycles. The van der Waals surface area contributed by atoms with Crippen LogP contribution in [0.1, 0.15) is 85.5 Å². The van der Waals surface area contributed by atoms with E-state index in [4.69, 9.17) is 0 Å². The van der Waals surface area contributed by atoms with Gasteiger partial charge in [0.2, 0.25) is 0 Å². The second-order valence-electron chi connectivity index (χ2n) is 14.8. The maximum Gasteiger partial charge on any atom is 0.148 e. The molecule has 4 heteroatoms. The Morgan fingerprint density at radius 1 is 0.514 bits per heavy atom. The Balaban J connectivity index is 0.997. The van der Waals surface area contributed by atoms with Crippen LogP contribution in [-0.4, -0.2) is 97.5 Å². The van der Waals surface area contributed by atoms with E-state index >= 15 is 0 Å². The standard InChI is InChI=1S/C33H60N4/c1-32(2)28-14-12-26(30(32)22-28)24-36(7)20-10-18-34(5)16-9-17-35(6)19-11-21-37(8)25-27-13-15-29-23-31(27)33(29,3)4/h26-31H,5-25H2,1-4H3/q+4. The maximum absolute atomic E-state index is 4.37. The summed E-state index contributed by atoms with van der Waals surface area (Å²) < 4.78 is 9.18. The molecule has 6 rings (SSSR count).